The average Bonchev–Trinajstić information content (AvgIpc) is 2.85. The number of unbranched alkanes of at least 4 members (excludes halogenated alkanes) is 1. The molecule has 0 aromatic heterocycles. The largest absolute Gasteiger partial charge is 0.396 e. The van der Waals surface area contributed by atoms with Crippen molar-refractivity contribution in [3.63, 3.8) is 0 Å². The molecule has 0 aromatic carbocycles. The summed E-state index contributed by atoms with van der Waals surface area (Å²) in [7, 11) is 0. The van der Waals surface area contributed by atoms with Gasteiger partial charge in [0.2, 0.25) is 0 Å². The molecule has 2 aliphatic heterocycles. The SMILES string of the molecule is CCCCN1CCCC(N2CCC(CO)C2)C1. The average molecular weight is 240 g/mol. The molecule has 0 aromatic rings. The molecule has 0 amide bonds. The molecular weight excluding hydrogens is 212 g/mol. The fourth-order valence-corrected chi connectivity index (χ4v) is 3.26. The molecule has 3 heteroatoms. The quantitative estimate of drug-likeness (QED) is 0.790. The smallest absolute Gasteiger partial charge is 0.0471 e. The number of hydrogen-bond acceptors (Lipinski definition) is 3. The topological polar surface area (TPSA) is 26.7 Å². The Morgan fingerprint density at radius 2 is 2.06 bits per heavy atom. The minimum Gasteiger partial charge on any atom is -0.396 e. The van der Waals surface area contributed by atoms with Gasteiger partial charge in [-0.05, 0) is 51.2 Å². The van der Waals surface area contributed by atoms with Gasteiger partial charge >= 0.3 is 0 Å². The van der Waals surface area contributed by atoms with Crippen LogP contribution in [-0.2, 0) is 0 Å². The van der Waals surface area contributed by atoms with E-state index in [1.807, 2.05) is 0 Å². The van der Waals surface area contributed by atoms with Crippen molar-refractivity contribution in [3.05, 3.63) is 0 Å². The first-order valence-electron chi connectivity index (χ1n) is 7.40. The van der Waals surface area contributed by atoms with E-state index in [0.717, 1.165) is 12.6 Å². The van der Waals surface area contributed by atoms with E-state index in [9.17, 15) is 5.11 Å². The molecule has 2 fully saturated rings. The van der Waals surface area contributed by atoms with Gasteiger partial charge in [-0.3, -0.25) is 4.90 Å². The molecule has 0 bridgehead atoms. The highest BCUT2D eigenvalue weighted by molar-refractivity contribution is 4.85. The van der Waals surface area contributed by atoms with Gasteiger partial charge in [-0.15, -0.1) is 0 Å². The van der Waals surface area contributed by atoms with Crippen molar-refractivity contribution in [2.24, 2.45) is 5.92 Å². The van der Waals surface area contributed by atoms with E-state index in [1.54, 1.807) is 0 Å². The van der Waals surface area contributed by atoms with Gasteiger partial charge in [0.15, 0.2) is 0 Å². The standard InChI is InChI=1S/C14H28N2O/c1-2-3-7-15-8-4-5-14(11-15)16-9-6-13(10-16)12-17/h13-14,17H,2-12H2,1H3. The Labute approximate surface area is 106 Å². The molecule has 2 saturated heterocycles. The van der Waals surface area contributed by atoms with E-state index < -0.39 is 0 Å². The highest BCUT2D eigenvalue weighted by atomic mass is 16.3. The molecule has 0 radical (unpaired) electrons. The molecule has 100 valence electrons. The third-order valence-electron chi connectivity index (χ3n) is 4.40. The molecular formula is C14H28N2O. The Kier molecular flexibility index (Phi) is 5.26. The van der Waals surface area contributed by atoms with Crippen LogP contribution in [0.2, 0.25) is 0 Å². The monoisotopic (exact) mass is 240 g/mol. The summed E-state index contributed by atoms with van der Waals surface area (Å²) in [5.74, 6) is 0.543. The number of aliphatic hydroxyl groups excluding tert-OH is 1. The van der Waals surface area contributed by atoms with Crippen LogP contribution in [0.5, 0.6) is 0 Å². The molecule has 1 N–H and O–H groups in total. The Morgan fingerprint density at radius 3 is 2.76 bits per heavy atom. The maximum absolute atomic E-state index is 9.21. The van der Waals surface area contributed by atoms with Crippen LogP contribution in [-0.4, -0.2) is 60.3 Å². The lowest BCUT2D eigenvalue weighted by molar-refractivity contribution is 0.108. The van der Waals surface area contributed by atoms with Crippen molar-refractivity contribution in [2.45, 2.75) is 45.1 Å². The number of hydrogen-bond donors (Lipinski definition) is 1. The molecule has 0 spiro atoms. The van der Waals surface area contributed by atoms with E-state index in [4.69, 9.17) is 0 Å². The molecule has 2 rings (SSSR count). The Hall–Kier alpha value is -0.120. The lowest BCUT2D eigenvalue weighted by atomic mass is 10.0. The van der Waals surface area contributed by atoms with Crippen LogP contribution in [0, 0.1) is 5.92 Å². The van der Waals surface area contributed by atoms with Crippen molar-refractivity contribution in [3.8, 4) is 0 Å². The molecule has 2 heterocycles. The maximum atomic E-state index is 9.21. The fourth-order valence-electron chi connectivity index (χ4n) is 3.26. The van der Waals surface area contributed by atoms with Gasteiger partial charge in [-0.25, -0.2) is 0 Å². The number of likely N-dealkylation sites (tertiary alicyclic amines) is 2. The summed E-state index contributed by atoms with van der Waals surface area (Å²) in [5, 5.41) is 9.21. The fraction of sp³-hybridized carbons (Fsp3) is 1.00. The Balaban J connectivity index is 1.77. The van der Waals surface area contributed by atoms with Gasteiger partial charge in [0, 0.05) is 25.7 Å². The number of piperidine rings is 1. The van der Waals surface area contributed by atoms with Crippen LogP contribution in [0.25, 0.3) is 0 Å². The molecule has 3 nitrogen and oxygen atoms in total. The zero-order valence-electron chi connectivity index (χ0n) is 11.3. The maximum Gasteiger partial charge on any atom is 0.0471 e. The van der Waals surface area contributed by atoms with E-state index >= 15 is 0 Å². The highest BCUT2D eigenvalue weighted by Gasteiger charge is 2.30. The second-order valence-electron chi connectivity index (χ2n) is 5.78. The summed E-state index contributed by atoms with van der Waals surface area (Å²) in [4.78, 5) is 5.27. The first-order valence-corrected chi connectivity index (χ1v) is 7.40. The summed E-state index contributed by atoms with van der Waals surface area (Å²) in [6, 6.07) is 0.761. The molecule has 0 aliphatic carbocycles. The van der Waals surface area contributed by atoms with Gasteiger partial charge in [-0.1, -0.05) is 13.3 Å². The zero-order valence-corrected chi connectivity index (χ0v) is 11.3. The first kappa shape index (κ1) is 13.3. The van der Waals surface area contributed by atoms with Gasteiger partial charge in [0.1, 0.15) is 0 Å². The van der Waals surface area contributed by atoms with E-state index in [1.165, 1.54) is 58.3 Å². The van der Waals surface area contributed by atoms with Gasteiger partial charge < -0.3 is 10.0 Å². The minimum atomic E-state index is 0.378. The van der Waals surface area contributed by atoms with Crippen LogP contribution in [0.1, 0.15) is 39.0 Å². The first-order chi connectivity index (χ1) is 8.33. The predicted octanol–water partition coefficient (Wildman–Crippen LogP) is 1.57. The van der Waals surface area contributed by atoms with Crippen molar-refractivity contribution in [1.82, 2.24) is 9.80 Å². The third-order valence-corrected chi connectivity index (χ3v) is 4.40. The second kappa shape index (κ2) is 6.72. The summed E-state index contributed by atoms with van der Waals surface area (Å²) in [5.41, 5.74) is 0. The van der Waals surface area contributed by atoms with Crippen LogP contribution in [0.15, 0.2) is 0 Å². The van der Waals surface area contributed by atoms with Gasteiger partial charge in [0.05, 0.1) is 0 Å². The van der Waals surface area contributed by atoms with Gasteiger partial charge in [-0.2, -0.15) is 0 Å². The Morgan fingerprint density at radius 1 is 1.18 bits per heavy atom. The molecule has 2 aliphatic rings. The second-order valence-corrected chi connectivity index (χ2v) is 5.78. The summed E-state index contributed by atoms with van der Waals surface area (Å²) < 4.78 is 0. The number of rotatable bonds is 5. The zero-order chi connectivity index (χ0) is 12.1. The summed E-state index contributed by atoms with van der Waals surface area (Å²) >= 11 is 0. The van der Waals surface area contributed by atoms with Crippen LogP contribution >= 0.6 is 0 Å². The lowest BCUT2D eigenvalue weighted by Gasteiger charge is -2.37. The molecule has 17 heavy (non-hydrogen) atoms. The summed E-state index contributed by atoms with van der Waals surface area (Å²) in [6.45, 7) is 8.83. The van der Waals surface area contributed by atoms with Crippen LogP contribution < -0.4 is 0 Å². The third kappa shape index (κ3) is 3.67. The highest BCUT2D eigenvalue weighted by Crippen LogP contribution is 2.23. The van der Waals surface area contributed by atoms with E-state index in [-0.39, 0.29) is 0 Å². The normalized spacial score (nSPS) is 32.1. The predicted molar refractivity (Wildman–Crippen MR) is 71.1 cm³/mol. The Bertz CT molecular complexity index is 222. The summed E-state index contributed by atoms with van der Waals surface area (Å²) in [6.07, 6.45) is 6.56. The lowest BCUT2D eigenvalue weighted by Crippen LogP contribution is -2.47. The number of aliphatic hydroxyl groups is 1. The van der Waals surface area contributed by atoms with Gasteiger partial charge in [0.25, 0.3) is 0 Å². The van der Waals surface area contributed by atoms with E-state index in [0.29, 0.717) is 12.5 Å². The molecule has 0 saturated carbocycles. The van der Waals surface area contributed by atoms with Crippen molar-refractivity contribution in [2.75, 3.05) is 39.3 Å². The van der Waals surface area contributed by atoms with Crippen molar-refractivity contribution in [1.29, 1.82) is 0 Å². The van der Waals surface area contributed by atoms with Crippen molar-refractivity contribution >= 4 is 0 Å². The molecule has 2 atom stereocenters. The van der Waals surface area contributed by atoms with Crippen LogP contribution in [0.4, 0.5) is 0 Å². The van der Waals surface area contributed by atoms with Crippen molar-refractivity contribution < 1.29 is 5.11 Å². The molecule has 2 unspecified atom stereocenters. The van der Waals surface area contributed by atoms with E-state index in [2.05, 4.69) is 16.7 Å². The number of nitrogens with zero attached hydrogens (tertiary/aromatic N) is 2. The van der Waals surface area contributed by atoms with Crippen LogP contribution in [0.3, 0.4) is 0 Å². The minimum absolute atomic E-state index is 0.378.